The van der Waals surface area contributed by atoms with E-state index in [4.69, 9.17) is 0 Å². The van der Waals surface area contributed by atoms with Gasteiger partial charge in [0.05, 0.1) is 0 Å². The molecule has 5 rings (SSSR count). The van der Waals surface area contributed by atoms with Crippen LogP contribution < -0.4 is 24.8 Å². The molecule has 3 aromatic carbocycles. The van der Waals surface area contributed by atoms with Gasteiger partial charge < -0.3 is 24.8 Å². The summed E-state index contributed by atoms with van der Waals surface area (Å²) in [5.41, 5.74) is 5.48. The van der Waals surface area contributed by atoms with Crippen LogP contribution in [0.5, 0.6) is 0 Å². The Labute approximate surface area is 192 Å². The molecular formula is C24H18Cl2Zr. The first-order valence-corrected chi connectivity index (χ1v) is 8.56. The van der Waals surface area contributed by atoms with Crippen molar-refractivity contribution in [3.63, 3.8) is 0 Å². The van der Waals surface area contributed by atoms with E-state index in [0.717, 1.165) is 12.8 Å². The van der Waals surface area contributed by atoms with Crippen LogP contribution in [0.2, 0.25) is 0 Å². The van der Waals surface area contributed by atoms with Crippen molar-refractivity contribution < 1.29 is 51.0 Å². The van der Waals surface area contributed by atoms with Gasteiger partial charge in [-0.1, -0.05) is 53.8 Å². The van der Waals surface area contributed by atoms with Crippen molar-refractivity contribution in [2.45, 2.75) is 18.3 Å². The molecule has 0 spiro atoms. The number of hydrogen-bond acceptors (Lipinski definition) is 0. The molecule has 0 bridgehead atoms. The predicted octanol–water partition coefficient (Wildman–Crippen LogP) is -0.239. The third-order valence-corrected chi connectivity index (χ3v) is 5.41. The number of rotatable bonds is 2. The van der Waals surface area contributed by atoms with Gasteiger partial charge in [0.2, 0.25) is 0 Å². The molecule has 0 amide bonds. The Morgan fingerprint density at radius 2 is 1.74 bits per heavy atom. The molecule has 1 atom stereocenters. The zero-order valence-electron chi connectivity index (χ0n) is 14.8. The van der Waals surface area contributed by atoms with Crippen molar-refractivity contribution in [3.8, 4) is 0 Å². The van der Waals surface area contributed by atoms with Gasteiger partial charge in [0.15, 0.2) is 0 Å². The Morgan fingerprint density at radius 1 is 0.963 bits per heavy atom. The van der Waals surface area contributed by atoms with E-state index in [-0.39, 0.29) is 56.4 Å². The average molecular weight is 469 g/mol. The first-order valence-electron chi connectivity index (χ1n) is 8.56. The molecule has 3 heteroatoms. The maximum Gasteiger partial charge on any atom is 4.00 e. The predicted molar refractivity (Wildman–Crippen MR) is 101 cm³/mol. The molecule has 0 radical (unpaired) electrons. The molecule has 2 aliphatic rings. The van der Waals surface area contributed by atoms with Crippen LogP contribution in [-0.2, 0) is 38.0 Å². The molecule has 27 heavy (non-hydrogen) atoms. The number of benzene rings is 2. The van der Waals surface area contributed by atoms with Crippen molar-refractivity contribution in [2.75, 3.05) is 0 Å². The molecule has 0 heterocycles. The summed E-state index contributed by atoms with van der Waals surface area (Å²) in [7, 11) is 0. The number of allylic oxidation sites excluding steroid dienone is 5. The molecular weight excluding hydrogens is 450 g/mol. The van der Waals surface area contributed by atoms with Gasteiger partial charge in [-0.3, -0.25) is 6.08 Å². The van der Waals surface area contributed by atoms with Crippen LogP contribution in [0.4, 0.5) is 0 Å². The van der Waals surface area contributed by atoms with Gasteiger partial charge in [0, 0.05) is 0 Å². The first-order chi connectivity index (χ1) is 11.9. The second-order valence-corrected chi connectivity index (χ2v) is 6.77. The largest absolute Gasteiger partial charge is 4.00 e. The van der Waals surface area contributed by atoms with E-state index in [1.54, 1.807) is 0 Å². The normalized spacial score (nSPS) is 19.5. The van der Waals surface area contributed by atoms with Crippen molar-refractivity contribution in [2.24, 2.45) is 0 Å². The molecule has 0 aliphatic heterocycles. The van der Waals surface area contributed by atoms with Gasteiger partial charge in [0.25, 0.3) is 0 Å². The van der Waals surface area contributed by atoms with Crippen molar-refractivity contribution >= 4 is 16.8 Å². The summed E-state index contributed by atoms with van der Waals surface area (Å²) in [6, 6.07) is 22.1. The van der Waals surface area contributed by atoms with Gasteiger partial charge >= 0.3 is 26.2 Å². The molecule has 0 aromatic heterocycles. The number of halogens is 2. The van der Waals surface area contributed by atoms with E-state index in [1.807, 2.05) is 0 Å². The number of fused-ring (bicyclic) bond motifs is 2. The van der Waals surface area contributed by atoms with E-state index >= 15 is 0 Å². The summed E-state index contributed by atoms with van der Waals surface area (Å²) in [6.07, 6.45) is 14.6. The summed E-state index contributed by atoms with van der Waals surface area (Å²) in [5, 5.41) is 2.64. The zero-order valence-corrected chi connectivity index (χ0v) is 18.7. The minimum absolute atomic E-state index is 0. The second kappa shape index (κ2) is 8.82. The van der Waals surface area contributed by atoms with Gasteiger partial charge in [0.1, 0.15) is 0 Å². The summed E-state index contributed by atoms with van der Waals surface area (Å²) in [5.74, 6) is 0. The van der Waals surface area contributed by atoms with Gasteiger partial charge in [-0.05, 0) is 17.5 Å². The van der Waals surface area contributed by atoms with E-state index < -0.39 is 0 Å². The standard InChI is InChI=1S/C24H18.2ClH.Zr/c1-6-12-24(13-7-1,22-14-18-8-2-3-9-19(18)15-22)23-16-20-10-4-5-11-21(20)17-23;;;/h1-11,14-16H,12,17H2;2*1H;/q-2;;;+4/p-2. The molecule has 0 saturated heterocycles. The SMILES string of the molecule is [C-]1=CC=CCC1(C1=Cc2ccccc2C1)c1cc2ccccc2[cH-]1.[Cl-].[Cl-].[Zr+4]. The number of hydrogen-bond donors (Lipinski definition) is 0. The Kier molecular flexibility index (Phi) is 7.20. The van der Waals surface area contributed by atoms with Gasteiger partial charge in [-0.2, -0.15) is 12.1 Å². The summed E-state index contributed by atoms with van der Waals surface area (Å²) >= 11 is 0. The first kappa shape index (κ1) is 22.0. The van der Waals surface area contributed by atoms with E-state index in [2.05, 4.69) is 91.0 Å². The summed E-state index contributed by atoms with van der Waals surface area (Å²) < 4.78 is 0. The molecule has 0 fully saturated rings. The van der Waals surface area contributed by atoms with Gasteiger partial charge in [-0.15, -0.1) is 40.6 Å². The Bertz CT molecular complexity index is 993. The Hall–Kier alpha value is -1.27. The fourth-order valence-electron chi connectivity index (χ4n) is 4.12. The van der Waals surface area contributed by atoms with Crippen molar-refractivity contribution in [3.05, 3.63) is 107 Å². The minimum Gasteiger partial charge on any atom is -1.00 e. The monoisotopic (exact) mass is 466 g/mol. The maximum atomic E-state index is 3.71. The fourth-order valence-corrected chi connectivity index (χ4v) is 4.12. The maximum absolute atomic E-state index is 3.71. The fraction of sp³-hybridized carbons (Fsp3) is 0.125. The Morgan fingerprint density at radius 3 is 2.48 bits per heavy atom. The second-order valence-electron chi connectivity index (χ2n) is 6.77. The molecule has 1 unspecified atom stereocenters. The Balaban J connectivity index is 0.000000871. The molecule has 0 saturated carbocycles. The molecule has 2 aliphatic carbocycles. The quantitative estimate of drug-likeness (QED) is 0.456. The van der Waals surface area contributed by atoms with Crippen LogP contribution in [0.3, 0.4) is 0 Å². The van der Waals surface area contributed by atoms with E-state index in [9.17, 15) is 0 Å². The van der Waals surface area contributed by atoms with Crippen molar-refractivity contribution in [1.82, 2.24) is 0 Å². The molecule has 0 nitrogen and oxygen atoms in total. The van der Waals surface area contributed by atoms with E-state index in [0.29, 0.717) is 0 Å². The van der Waals surface area contributed by atoms with E-state index in [1.165, 1.54) is 33.0 Å². The van der Waals surface area contributed by atoms with Gasteiger partial charge in [-0.25, -0.2) is 12.2 Å². The van der Waals surface area contributed by atoms with Crippen LogP contribution in [0.25, 0.3) is 16.8 Å². The molecule has 3 aromatic rings. The zero-order chi connectivity index (χ0) is 16.0. The van der Waals surface area contributed by atoms with Crippen LogP contribution in [0.1, 0.15) is 23.1 Å². The van der Waals surface area contributed by atoms with Crippen LogP contribution in [0.15, 0.2) is 84.5 Å². The van der Waals surface area contributed by atoms with Crippen LogP contribution in [-0.4, -0.2) is 0 Å². The molecule has 0 N–H and O–H groups in total. The molecule has 132 valence electrons. The van der Waals surface area contributed by atoms with Crippen LogP contribution in [0, 0.1) is 6.08 Å². The third kappa shape index (κ3) is 3.71. The van der Waals surface area contributed by atoms with Crippen LogP contribution >= 0.6 is 0 Å². The topological polar surface area (TPSA) is 0 Å². The third-order valence-electron chi connectivity index (χ3n) is 5.41. The summed E-state index contributed by atoms with van der Waals surface area (Å²) in [4.78, 5) is 0. The average Bonchev–Trinajstić information content (AvgIpc) is 3.26. The smallest absolute Gasteiger partial charge is 1.00 e. The summed E-state index contributed by atoms with van der Waals surface area (Å²) in [6.45, 7) is 0. The minimum atomic E-state index is -0.132. The van der Waals surface area contributed by atoms with Crippen molar-refractivity contribution in [1.29, 1.82) is 0 Å².